The molecule has 0 saturated heterocycles. The first-order chi connectivity index (χ1) is 11.7. The third kappa shape index (κ3) is 2.38. The Morgan fingerprint density at radius 3 is 2.54 bits per heavy atom. The van der Waals surface area contributed by atoms with Gasteiger partial charge in [0.15, 0.2) is 5.82 Å². The quantitative estimate of drug-likeness (QED) is 0.754. The van der Waals surface area contributed by atoms with Gasteiger partial charge in [0, 0.05) is 18.2 Å². The fourth-order valence-corrected chi connectivity index (χ4v) is 3.11. The van der Waals surface area contributed by atoms with E-state index >= 15 is 0 Å². The number of nitrogens with one attached hydrogen (secondary N) is 1. The van der Waals surface area contributed by atoms with Crippen LogP contribution in [-0.2, 0) is 12.8 Å². The molecular weight excluding hydrogens is 305 g/mol. The lowest BCUT2D eigenvalue weighted by Crippen LogP contribution is -2.11. The molecule has 2 N–H and O–H groups in total. The topological polar surface area (TPSA) is 58.0 Å². The number of fused-ring (bicyclic) bond motifs is 3. The van der Waals surface area contributed by atoms with E-state index in [-0.39, 0.29) is 11.6 Å². The second-order valence-electron chi connectivity index (χ2n) is 5.81. The molecule has 4 nitrogen and oxygen atoms in total. The van der Waals surface area contributed by atoms with Crippen molar-refractivity contribution in [2.45, 2.75) is 12.8 Å². The van der Waals surface area contributed by atoms with Gasteiger partial charge in [0.2, 0.25) is 0 Å². The number of aromatic nitrogens is 2. The van der Waals surface area contributed by atoms with Crippen LogP contribution in [0.4, 0.5) is 10.2 Å². The second-order valence-corrected chi connectivity index (χ2v) is 5.81. The second kappa shape index (κ2) is 5.60. The van der Waals surface area contributed by atoms with E-state index in [0.29, 0.717) is 11.5 Å². The summed E-state index contributed by atoms with van der Waals surface area (Å²) in [6.45, 7) is 0. The Labute approximate surface area is 139 Å². The molecule has 2 aromatic carbocycles. The average molecular weight is 321 g/mol. The van der Waals surface area contributed by atoms with Crippen LogP contribution in [0.2, 0.25) is 0 Å². The van der Waals surface area contributed by atoms with Crippen LogP contribution in [0.15, 0.2) is 42.5 Å². The third-order valence-corrected chi connectivity index (χ3v) is 4.30. The molecule has 0 radical (unpaired) electrons. The van der Waals surface area contributed by atoms with Gasteiger partial charge < -0.3 is 10.4 Å². The van der Waals surface area contributed by atoms with Gasteiger partial charge in [0.25, 0.3) is 0 Å². The van der Waals surface area contributed by atoms with E-state index in [4.69, 9.17) is 9.97 Å². The standard InChI is InChI=1S/C19H16FN3O/c1-21-19-17(11-2-6-14(24)7-3-11)23-18-15-8-5-13(20)10-12(15)4-9-16(18)22-19/h2-3,5-8,10,24H,4,9H2,1H3,(H,21,22). The minimum atomic E-state index is -0.226. The van der Waals surface area contributed by atoms with Crippen LogP contribution >= 0.6 is 0 Å². The van der Waals surface area contributed by atoms with E-state index in [2.05, 4.69) is 5.32 Å². The molecule has 1 aliphatic rings. The van der Waals surface area contributed by atoms with Crippen LogP contribution in [-0.4, -0.2) is 22.1 Å². The minimum absolute atomic E-state index is 0.205. The van der Waals surface area contributed by atoms with E-state index in [9.17, 15) is 9.50 Å². The molecule has 0 fully saturated rings. The van der Waals surface area contributed by atoms with Crippen molar-refractivity contribution in [3.8, 4) is 28.3 Å². The zero-order chi connectivity index (χ0) is 16.7. The molecule has 0 spiro atoms. The number of halogens is 1. The zero-order valence-corrected chi connectivity index (χ0v) is 13.2. The summed E-state index contributed by atoms with van der Waals surface area (Å²) < 4.78 is 13.5. The third-order valence-electron chi connectivity index (χ3n) is 4.30. The highest BCUT2D eigenvalue weighted by Gasteiger charge is 2.22. The molecular formula is C19H16FN3O. The van der Waals surface area contributed by atoms with E-state index in [1.54, 1.807) is 36.4 Å². The molecule has 1 heterocycles. The Morgan fingerprint density at radius 1 is 1.00 bits per heavy atom. The number of hydrogen-bond acceptors (Lipinski definition) is 4. The molecule has 0 aliphatic heterocycles. The molecule has 0 amide bonds. The predicted octanol–water partition coefficient (Wildman–Crippen LogP) is 3.80. The summed E-state index contributed by atoms with van der Waals surface area (Å²) in [4.78, 5) is 9.55. The van der Waals surface area contributed by atoms with Gasteiger partial charge in [0.1, 0.15) is 17.3 Å². The summed E-state index contributed by atoms with van der Waals surface area (Å²) in [5, 5.41) is 12.6. The fourth-order valence-electron chi connectivity index (χ4n) is 3.11. The monoisotopic (exact) mass is 321 g/mol. The van der Waals surface area contributed by atoms with Crippen LogP contribution in [0.5, 0.6) is 5.75 Å². The first kappa shape index (κ1) is 14.6. The van der Waals surface area contributed by atoms with Crippen LogP contribution in [0.1, 0.15) is 11.3 Å². The maximum absolute atomic E-state index is 13.5. The number of nitrogens with zero attached hydrogens (tertiary/aromatic N) is 2. The summed E-state index contributed by atoms with van der Waals surface area (Å²) in [5.41, 5.74) is 5.20. The van der Waals surface area contributed by atoms with Gasteiger partial charge in [-0.05, 0) is 60.9 Å². The van der Waals surface area contributed by atoms with Gasteiger partial charge in [-0.25, -0.2) is 14.4 Å². The van der Waals surface area contributed by atoms with Crippen LogP contribution < -0.4 is 5.32 Å². The van der Waals surface area contributed by atoms with Gasteiger partial charge in [-0.15, -0.1) is 0 Å². The van der Waals surface area contributed by atoms with Crippen molar-refractivity contribution in [3.05, 3.63) is 59.5 Å². The molecule has 0 bridgehead atoms. The van der Waals surface area contributed by atoms with E-state index in [1.165, 1.54) is 6.07 Å². The van der Waals surface area contributed by atoms with Crippen molar-refractivity contribution in [3.63, 3.8) is 0 Å². The van der Waals surface area contributed by atoms with E-state index < -0.39 is 0 Å². The molecule has 4 rings (SSSR count). The number of anilines is 1. The number of hydrogen-bond donors (Lipinski definition) is 2. The Kier molecular flexibility index (Phi) is 3.41. The average Bonchev–Trinajstić information content (AvgIpc) is 2.61. The molecule has 24 heavy (non-hydrogen) atoms. The lowest BCUT2D eigenvalue weighted by atomic mass is 9.91. The summed E-state index contributed by atoms with van der Waals surface area (Å²) in [6.07, 6.45) is 1.50. The lowest BCUT2D eigenvalue weighted by molar-refractivity contribution is 0.475. The molecule has 0 unspecified atom stereocenters. The minimum Gasteiger partial charge on any atom is -0.508 e. The largest absolute Gasteiger partial charge is 0.508 e. The Hall–Kier alpha value is -2.95. The maximum atomic E-state index is 13.5. The van der Waals surface area contributed by atoms with Gasteiger partial charge in [-0.2, -0.15) is 0 Å². The molecule has 120 valence electrons. The highest BCUT2D eigenvalue weighted by atomic mass is 19.1. The van der Waals surface area contributed by atoms with Gasteiger partial charge in [-0.1, -0.05) is 0 Å². The van der Waals surface area contributed by atoms with Crippen molar-refractivity contribution in [2.75, 3.05) is 12.4 Å². The van der Waals surface area contributed by atoms with Crippen LogP contribution in [0.25, 0.3) is 22.5 Å². The summed E-state index contributed by atoms with van der Waals surface area (Å²) in [7, 11) is 1.81. The van der Waals surface area contributed by atoms with Crippen LogP contribution in [0, 0.1) is 5.82 Å². The Morgan fingerprint density at radius 2 is 1.79 bits per heavy atom. The van der Waals surface area contributed by atoms with Crippen molar-refractivity contribution >= 4 is 5.82 Å². The summed E-state index contributed by atoms with van der Waals surface area (Å²) in [6, 6.07) is 11.7. The number of phenols is 1. The number of aryl methyl sites for hydroxylation is 2. The number of aromatic hydroxyl groups is 1. The molecule has 0 saturated carbocycles. The van der Waals surface area contributed by atoms with Crippen molar-refractivity contribution in [1.82, 2.24) is 9.97 Å². The van der Waals surface area contributed by atoms with Gasteiger partial charge >= 0.3 is 0 Å². The van der Waals surface area contributed by atoms with Gasteiger partial charge in [-0.3, -0.25) is 0 Å². The first-order valence-electron chi connectivity index (χ1n) is 7.82. The highest BCUT2D eigenvalue weighted by Crippen LogP contribution is 2.36. The summed E-state index contributed by atoms with van der Waals surface area (Å²) >= 11 is 0. The molecule has 0 atom stereocenters. The number of rotatable bonds is 2. The smallest absolute Gasteiger partial charge is 0.152 e. The van der Waals surface area contributed by atoms with Crippen molar-refractivity contribution in [2.24, 2.45) is 0 Å². The Bertz CT molecular complexity index is 911. The first-order valence-corrected chi connectivity index (χ1v) is 7.82. The van der Waals surface area contributed by atoms with E-state index in [1.807, 2.05) is 7.05 Å². The van der Waals surface area contributed by atoms with Crippen LogP contribution in [0.3, 0.4) is 0 Å². The zero-order valence-electron chi connectivity index (χ0n) is 13.2. The molecule has 3 aromatic rings. The molecule has 5 heteroatoms. The Balaban J connectivity index is 1.92. The normalized spacial score (nSPS) is 12.4. The fraction of sp³-hybridized carbons (Fsp3) is 0.158. The SMILES string of the molecule is CNc1nc2c(nc1-c1ccc(O)cc1)-c1ccc(F)cc1CC2. The number of benzene rings is 2. The predicted molar refractivity (Wildman–Crippen MR) is 91.5 cm³/mol. The maximum Gasteiger partial charge on any atom is 0.152 e. The van der Waals surface area contributed by atoms with Gasteiger partial charge in [0.05, 0.1) is 11.4 Å². The van der Waals surface area contributed by atoms with Crippen molar-refractivity contribution < 1.29 is 9.50 Å². The molecule has 1 aliphatic carbocycles. The molecule has 1 aromatic heterocycles. The number of phenolic OH excluding ortho intramolecular Hbond substituents is 1. The highest BCUT2D eigenvalue weighted by molar-refractivity contribution is 5.77. The van der Waals surface area contributed by atoms with Crippen molar-refractivity contribution in [1.29, 1.82) is 0 Å². The summed E-state index contributed by atoms with van der Waals surface area (Å²) in [5.74, 6) is 0.678. The van der Waals surface area contributed by atoms with E-state index in [0.717, 1.165) is 40.9 Å². The lowest BCUT2D eigenvalue weighted by Gasteiger charge is -2.20.